The van der Waals surface area contributed by atoms with E-state index in [1.165, 1.54) is 5.56 Å². The van der Waals surface area contributed by atoms with Crippen molar-refractivity contribution in [2.75, 3.05) is 6.54 Å². The second kappa shape index (κ2) is 7.58. The smallest absolute Gasteiger partial charge is 0.241 e. The molecule has 6 heteroatoms. The molecule has 0 atom stereocenters. The molecular weight excluding hydrogens is 308 g/mol. The van der Waals surface area contributed by atoms with Gasteiger partial charge in [-0.3, -0.25) is 0 Å². The fourth-order valence-corrected chi connectivity index (χ4v) is 4.34. The van der Waals surface area contributed by atoms with Crippen LogP contribution in [0.2, 0.25) is 0 Å². The highest BCUT2D eigenvalue weighted by Gasteiger charge is 2.36. The van der Waals surface area contributed by atoms with Crippen molar-refractivity contribution < 1.29 is 8.42 Å². The molecule has 4 nitrogen and oxygen atoms in total. The van der Waals surface area contributed by atoms with Crippen LogP contribution in [-0.4, -0.2) is 20.5 Å². The van der Waals surface area contributed by atoms with Crippen molar-refractivity contribution in [1.82, 2.24) is 4.72 Å². The maximum Gasteiger partial charge on any atom is 0.241 e. The highest BCUT2D eigenvalue weighted by atomic mass is 35.5. The number of hydrogen-bond donors (Lipinski definition) is 2. The van der Waals surface area contributed by atoms with Gasteiger partial charge >= 0.3 is 0 Å². The Kier molecular flexibility index (Phi) is 6.66. The molecule has 0 aliphatic heterocycles. The Balaban J connectivity index is 0.00000220. The molecule has 1 saturated carbocycles. The summed E-state index contributed by atoms with van der Waals surface area (Å²) in [6.45, 7) is 2.47. The zero-order valence-corrected chi connectivity index (χ0v) is 14.1. The minimum absolute atomic E-state index is 0. The van der Waals surface area contributed by atoms with E-state index in [0.29, 0.717) is 11.4 Å². The van der Waals surface area contributed by atoms with Gasteiger partial charge in [0.2, 0.25) is 10.0 Å². The van der Waals surface area contributed by atoms with Crippen LogP contribution in [-0.2, 0) is 16.4 Å². The van der Waals surface area contributed by atoms with Gasteiger partial charge in [-0.1, -0.05) is 38.3 Å². The molecule has 0 heterocycles. The molecular formula is C15H25ClN2O2S. The van der Waals surface area contributed by atoms with E-state index in [-0.39, 0.29) is 12.4 Å². The number of nitrogens with one attached hydrogen (secondary N) is 1. The van der Waals surface area contributed by atoms with Crippen molar-refractivity contribution in [2.45, 2.75) is 55.9 Å². The average molecular weight is 333 g/mol. The van der Waals surface area contributed by atoms with Crippen LogP contribution in [0.5, 0.6) is 0 Å². The largest absolute Gasteiger partial charge is 0.329 e. The van der Waals surface area contributed by atoms with Gasteiger partial charge in [0, 0.05) is 12.1 Å². The standard InChI is InChI=1S/C15H24N2O2S.ClH/c1-2-5-13-6-8-14(9-7-13)20(18,19)17-15(12-16)10-3-4-11-15;/h6-9,17H,2-5,10-12,16H2,1H3;1H. The van der Waals surface area contributed by atoms with Crippen molar-refractivity contribution in [3.8, 4) is 0 Å². The molecule has 120 valence electrons. The van der Waals surface area contributed by atoms with E-state index in [9.17, 15) is 8.42 Å². The third kappa shape index (κ3) is 4.42. The lowest BCUT2D eigenvalue weighted by atomic mass is 10.0. The summed E-state index contributed by atoms with van der Waals surface area (Å²) in [6.07, 6.45) is 5.76. The first-order valence-electron chi connectivity index (χ1n) is 7.34. The predicted octanol–water partition coefficient (Wildman–Crippen LogP) is 2.61. The van der Waals surface area contributed by atoms with E-state index in [0.717, 1.165) is 38.5 Å². The maximum absolute atomic E-state index is 12.5. The Morgan fingerprint density at radius 2 is 1.76 bits per heavy atom. The van der Waals surface area contributed by atoms with Crippen LogP contribution in [0, 0.1) is 0 Å². The monoisotopic (exact) mass is 332 g/mol. The molecule has 21 heavy (non-hydrogen) atoms. The van der Waals surface area contributed by atoms with E-state index in [1.54, 1.807) is 12.1 Å². The highest BCUT2D eigenvalue weighted by molar-refractivity contribution is 7.89. The van der Waals surface area contributed by atoms with Crippen LogP contribution in [0.4, 0.5) is 0 Å². The first kappa shape index (κ1) is 18.4. The second-order valence-corrected chi connectivity index (χ2v) is 7.37. The van der Waals surface area contributed by atoms with Gasteiger partial charge in [-0.25, -0.2) is 13.1 Å². The van der Waals surface area contributed by atoms with Crippen molar-refractivity contribution in [1.29, 1.82) is 0 Å². The number of benzene rings is 1. The van der Waals surface area contributed by atoms with Crippen molar-refractivity contribution >= 4 is 22.4 Å². The molecule has 0 saturated heterocycles. The summed E-state index contributed by atoms with van der Waals surface area (Å²) in [4.78, 5) is 0.331. The van der Waals surface area contributed by atoms with E-state index in [4.69, 9.17) is 5.73 Å². The number of hydrogen-bond acceptors (Lipinski definition) is 3. The highest BCUT2D eigenvalue weighted by Crippen LogP contribution is 2.30. The minimum atomic E-state index is -3.48. The molecule has 1 aromatic carbocycles. The zero-order valence-electron chi connectivity index (χ0n) is 12.5. The molecule has 1 aliphatic rings. The molecule has 0 radical (unpaired) electrons. The summed E-state index contributed by atoms with van der Waals surface area (Å²) in [5.74, 6) is 0. The van der Waals surface area contributed by atoms with Crippen LogP contribution in [0.1, 0.15) is 44.6 Å². The summed E-state index contributed by atoms with van der Waals surface area (Å²) < 4.78 is 27.7. The van der Waals surface area contributed by atoms with Gasteiger partial charge < -0.3 is 5.73 Å². The van der Waals surface area contributed by atoms with Crippen LogP contribution in [0.3, 0.4) is 0 Å². The fourth-order valence-electron chi connectivity index (χ4n) is 2.87. The Morgan fingerprint density at radius 1 is 1.19 bits per heavy atom. The zero-order chi connectivity index (χ0) is 14.6. The summed E-state index contributed by atoms with van der Waals surface area (Å²) in [7, 11) is -3.48. The lowest BCUT2D eigenvalue weighted by molar-refractivity contribution is 0.399. The Labute approximate surface area is 134 Å². The van der Waals surface area contributed by atoms with Gasteiger partial charge in [0.25, 0.3) is 0 Å². The van der Waals surface area contributed by atoms with Gasteiger partial charge in [0.1, 0.15) is 0 Å². The third-order valence-corrected chi connectivity index (χ3v) is 5.67. The average Bonchev–Trinajstić information content (AvgIpc) is 2.88. The van der Waals surface area contributed by atoms with Crippen molar-refractivity contribution in [2.24, 2.45) is 5.73 Å². The van der Waals surface area contributed by atoms with Crippen molar-refractivity contribution in [3.63, 3.8) is 0 Å². The molecule has 0 bridgehead atoms. The van der Waals surface area contributed by atoms with Gasteiger partial charge in [0.05, 0.1) is 4.90 Å². The minimum Gasteiger partial charge on any atom is -0.329 e. The SMILES string of the molecule is CCCc1ccc(S(=O)(=O)NC2(CN)CCCC2)cc1.Cl. The maximum atomic E-state index is 12.5. The second-order valence-electron chi connectivity index (χ2n) is 5.69. The first-order valence-corrected chi connectivity index (χ1v) is 8.83. The van der Waals surface area contributed by atoms with Crippen LogP contribution >= 0.6 is 12.4 Å². The summed E-state index contributed by atoms with van der Waals surface area (Å²) in [5.41, 5.74) is 6.51. The predicted molar refractivity (Wildman–Crippen MR) is 88.3 cm³/mol. The quantitative estimate of drug-likeness (QED) is 0.841. The summed E-state index contributed by atoms with van der Waals surface area (Å²) in [6, 6.07) is 7.16. The van der Waals surface area contributed by atoms with Gasteiger partial charge in [-0.2, -0.15) is 0 Å². The molecule has 0 spiro atoms. The number of sulfonamides is 1. The number of aryl methyl sites for hydroxylation is 1. The van der Waals surface area contributed by atoms with Crippen molar-refractivity contribution in [3.05, 3.63) is 29.8 Å². The van der Waals surface area contributed by atoms with Crippen LogP contribution < -0.4 is 10.5 Å². The molecule has 0 unspecified atom stereocenters. The molecule has 3 N–H and O–H groups in total. The number of rotatable bonds is 6. The lowest BCUT2D eigenvalue weighted by Gasteiger charge is -2.28. The summed E-state index contributed by atoms with van der Waals surface area (Å²) in [5, 5.41) is 0. The Morgan fingerprint density at radius 3 is 2.24 bits per heavy atom. The Hall–Kier alpha value is -0.620. The number of nitrogens with two attached hydrogens (primary N) is 1. The molecule has 0 aromatic heterocycles. The molecule has 1 aliphatic carbocycles. The molecule has 1 fully saturated rings. The summed E-state index contributed by atoms with van der Waals surface area (Å²) >= 11 is 0. The fraction of sp³-hybridized carbons (Fsp3) is 0.600. The van der Waals surface area contributed by atoms with Gasteiger partial charge in [-0.05, 0) is 37.0 Å². The molecule has 1 aromatic rings. The van der Waals surface area contributed by atoms with Crippen LogP contribution in [0.25, 0.3) is 0 Å². The lowest BCUT2D eigenvalue weighted by Crippen LogP contribution is -2.51. The number of halogens is 1. The van der Waals surface area contributed by atoms with Gasteiger partial charge in [-0.15, -0.1) is 12.4 Å². The van der Waals surface area contributed by atoms with E-state index < -0.39 is 15.6 Å². The van der Waals surface area contributed by atoms with Crippen LogP contribution in [0.15, 0.2) is 29.2 Å². The molecule has 0 amide bonds. The molecule has 2 rings (SSSR count). The normalized spacial score (nSPS) is 17.4. The third-order valence-electron chi connectivity index (χ3n) is 4.07. The van der Waals surface area contributed by atoms with E-state index in [1.807, 2.05) is 12.1 Å². The Bertz CT molecular complexity index is 537. The topological polar surface area (TPSA) is 72.2 Å². The van der Waals surface area contributed by atoms with Gasteiger partial charge in [0.15, 0.2) is 0 Å². The van der Waals surface area contributed by atoms with E-state index >= 15 is 0 Å². The first-order chi connectivity index (χ1) is 9.51. The van der Waals surface area contributed by atoms with E-state index in [2.05, 4.69) is 11.6 Å².